The molecule has 0 aliphatic carbocycles. The van der Waals surface area contributed by atoms with Gasteiger partial charge in [0.15, 0.2) is 5.65 Å². The molecule has 1 aliphatic heterocycles. The van der Waals surface area contributed by atoms with Crippen molar-refractivity contribution in [1.29, 1.82) is 0 Å². The molecule has 0 N–H and O–H groups in total. The Balaban J connectivity index is 1.80. The number of rotatable bonds is 2. The summed E-state index contributed by atoms with van der Waals surface area (Å²) >= 11 is 0. The molecule has 4 heterocycles. The van der Waals surface area contributed by atoms with E-state index in [1.54, 1.807) is 11.0 Å². The van der Waals surface area contributed by atoms with E-state index in [4.69, 9.17) is 0 Å². The van der Waals surface area contributed by atoms with Gasteiger partial charge in [-0.25, -0.2) is 9.97 Å². The van der Waals surface area contributed by atoms with Crippen LogP contribution in [-0.2, 0) is 14.1 Å². The molecule has 7 heteroatoms. The summed E-state index contributed by atoms with van der Waals surface area (Å²) in [6.45, 7) is 1.00. The normalized spacial score (nSPS) is 18.8. The lowest BCUT2D eigenvalue weighted by molar-refractivity contribution is 0.709. The molecule has 7 nitrogen and oxygen atoms in total. The Bertz CT molecular complexity index is 788. The Labute approximate surface area is 122 Å². The lowest BCUT2D eigenvalue weighted by Crippen LogP contribution is -2.23. The second-order valence-corrected chi connectivity index (χ2v) is 5.50. The molecule has 1 aliphatic rings. The van der Waals surface area contributed by atoms with E-state index in [9.17, 15) is 0 Å². The van der Waals surface area contributed by atoms with Crippen LogP contribution in [0.25, 0.3) is 11.0 Å². The molecule has 1 saturated heterocycles. The number of fused-ring (bicyclic) bond motifs is 1. The van der Waals surface area contributed by atoms with Crippen LogP contribution in [0.5, 0.6) is 0 Å². The third-order valence-electron chi connectivity index (χ3n) is 4.14. The fourth-order valence-electron chi connectivity index (χ4n) is 3.16. The first-order chi connectivity index (χ1) is 10.2. The molecule has 3 aromatic heterocycles. The molecule has 0 spiro atoms. The summed E-state index contributed by atoms with van der Waals surface area (Å²) in [7, 11) is 3.86. The SMILES string of the molecule is Cn1cc(C2CCCN2c2ncnc3c2cnn3C)cn1. The van der Waals surface area contributed by atoms with Crippen molar-refractivity contribution in [3.63, 3.8) is 0 Å². The van der Waals surface area contributed by atoms with E-state index in [0.717, 1.165) is 36.2 Å². The molecule has 108 valence electrons. The molecule has 0 aromatic carbocycles. The molecule has 1 unspecified atom stereocenters. The lowest BCUT2D eigenvalue weighted by Gasteiger charge is -2.25. The summed E-state index contributed by atoms with van der Waals surface area (Å²) in [6.07, 6.45) is 9.79. The van der Waals surface area contributed by atoms with E-state index in [-0.39, 0.29) is 0 Å². The van der Waals surface area contributed by atoms with Crippen LogP contribution in [0.1, 0.15) is 24.4 Å². The van der Waals surface area contributed by atoms with E-state index in [1.165, 1.54) is 5.56 Å². The second-order valence-electron chi connectivity index (χ2n) is 5.50. The Hall–Kier alpha value is -2.44. The van der Waals surface area contributed by atoms with Gasteiger partial charge in [0.25, 0.3) is 0 Å². The highest BCUT2D eigenvalue weighted by Crippen LogP contribution is 2.37. The topological polar surface area (TPSA) is 64.7 Å². The van der Waals surface area contributed by atoms with Gasteiger partial charge in [0, 0.05) is 32.4 Å². The third kappa shape index (κ3) is 1.88. The Morgan fingerprint density at radius 1 is 1.14 bits per heavy atom. The molecular weight excluding hydrogens is 266 g/mol. The Kier molecular flexibility index (Phi) is 2.66. The third-order valence-corrected chi connectivity index (χ3v) is 4.14. The maximum Gasteiger partial charge on any atom is 0.163 e. The number of anilines is 1. The van der Waals surface area contributed by atoms with Crippen molar-refractivity contribution in [1.82, 2.24) is 29.5 Å². The van der Waals surface area contributed by atoms with Gasteiger partial charge in [-0.1, -0.05) is 0 Å². The molecular formula is C14H17N7. The summed E-state index contributed by atoms with van der Waals surface area (Å²) in [4.78, 5) is 11.2. The highest BCUT2D eigenvalue weighted by Gasteiger charge is 2.29. The van der Waals surface area contributed by atoms with Gasteiger partial charge < -0.3 is 4.90 Å². The van der Waals surface area contributed by atoms with Crippen LogP contribution in [0.4, 0.5) is 5.82 Å². The van der Waals surface area contributed by atoms with Gasteiger partial charge in [-0.3, -0.25) is 9.36 Å². The number of hydrogen-bond acceptors (Lipinski definition) is 5. The standard InChI is InChI=1S/C14H17N7/c1-19-8-10(6-17-19)12-4-3-5-21(12)14-11-7-18-20(2)13(11)15-9-16-14/h6-9,12H,3-5H2,1-2H3. The fraction of sp³-hybridized carbons (Fsp3) is 0.429. The van der Waals surface area contributed by atoms with E-state index < -0.39 is 0 Å². The number of aryl methyl sites for hydroxylation is 2. The van der Waals surface area contributed by atoms with Crippen molar-refractivity contribution < 1.29 is 0 Å². The first-order valence-corrected chi connectivity index (χ1v) is 7.12. The van der Waals surface area contributed by atoms with Crippen LogP contribution in [0.2, 0.25) is 0 Å². The van der Waals surface area contributed by atoms with Crippen LogP contribution < -0.4 is 4.90 Å². The van der Waals surface area contributed by atoms with Crippen molar-refractivity contribution in [2.24, 2.45) is 14.1 Å². The van der Waals surface area contributed by atoms with E-state index in [1.807, 2.05) is 31.2 Å². The molecule has 0 radical (unpaired) electrons. The van der Waals surface area contributed by atoms with Crippen LogP contribution in [-0.4, -0.2) is 36.1 Å². The zero-order chi connectivity index (χ0) is 14.4. The van der Waals surface area contributed by atoms with Crippen LogP contribution in [0.3, 0.4) is 0 Å². The molecule has 3 aromatic rings. The molecule has 0 saturated carbocycles. The molecule has 4 rings (SSSR count). The fourth-order valence-corrected chi connectivity index (χ4v) is 3.16. The largest absolute Gasteiger partial charge is 0.349 e. The zero-order valence-electron chi connectivity index (χ0n) is 12.1. The predicted octanol–water partition coefficient (Wildman–Crippen LogP) is 1.44. The van der Waals surface area contributed by atoms with Gasteiger partial charge in [-0.05, 0) is 12.8 Å². The van der Waals surface area contributed by atoms with Gasteiger partial charge >= 0.3 is 0 Å². The number of aromatic nitrogens is 6. The minimum atomic E-state index is 0.331. The summed E-state index contributed by atoms with van der Waals surface area (Å²) in [5.41, 5.74) is 2.11. The van der Waals surface area contributed by atoms with Crippen molar-refractivity contribution in [3.05, 3.63) is 30.5 Å². The van der Waals surface area contributed by atoms with Gasteiger partial charge in [0.2, 0.25) is 0 Å². The maximum absolute atomic E-state index is 4.52. The maximum atomic E-state index is 4.52. The van der Waals surface area contributed by atoms with Gasteiger partial charge in [-0.15, -0.1) is 0 Å². The molecule has 0 amide bonds. The highest BCUT2D eigenvalue weighted by atomic mass is 15.3. The van der Waals surface area contributed by atoms with E-state index >= 15 is 0 Å². The minimum Gasteiger partial charge on any atom is -0.349 e. The van der Waals surface area contributed by atoms with Gasteiger partial charge in [-0.2, -0.15) is 10.2 Å². The molecule has 0 bridgehead atoms. The second kappa shape index (κ2) is 4.54. The molecule has 1 atom stereocenters. The van der Waals surface area contributed by atoms with E-state index in [2.05, 4.69) is 31.3 Å². The predicted molar refractivity (Wildman–Crippen MR) is 78.8 cm³/mol. The van der Waals surface area contributed by atoms with Crippen LogP contribution in [0, 0.1) is 0 Å². The van der Waals surface area contributed by atoms with Crippen molar-refractivity contribution in [2.75, 3.05) is 11.4 Å². The summed E-state index contributed by atoms with van der Waals surface area (Å²) in [6, 6.07) is 0.331. The first kappa shape index (κ1) is 12.3. The Morgan fingerprint density at radius 3 is 2.86 bits per heavy atom. The smallest absolute Gasteiger partial charge is 0.163 e. The highest BCUT2D eigenvalue weighted by molar-refractivity contribution is 5.86. The molecule has 1 fully saturated rings. The van der Waals surface area contributed by atoms with Crippen molar-refractivity contribution in [2.45, 2.75) is 18.9 Å². The lowest BCUT2D eigenvalue weighted by atomic mass is 10.1. The monoisotopic (exact) mass is 283 g/mol. The van der Waals surface area contributed by atoms with Crippen molar-refractivity contribution in [3.8, 4) is 0 Å². The summed E-state index contributed by atoms with van der Waals surface area (Å²) in [5, 5.41) is 9.61. The van der Waals surface area contributed by atoms with Crippen LogP contribution in [0.15, 0.2) is 24.9 Å². The van der Waals surface area contributed by atoms with Gasteiger partial charge in [0.1, 0.15) is 12.1 Å². The molecule has 21 heavy (non-hydrogen) atoms. The zero-order valence-corrected chi connectivity index (χ0v) is 12.1. The van der Waals surface area contributed by atoms with Crippen molar-refractivity contribution >= 4 is 16.9 Å². The van der Waals surface area contributed by atoms with Gasteiger partial charge in [0.05, 0.1) is 23.8 Å². The Morgan fingerprint density at radius 2 is 2.05 bits per heavy atom. The van der Waals surface area contributed by atoms with E-state index in [0.29, 0.717) is 6.04 Å². The minimum absolute atomic E-state index is 0.331. The summed E-state index contributed by atoms with van der Waals surface area (Å²) in [5.74, 6) is 0.972. The number of hydrogen-bond donors (Lipinski definition) is 0. The average molecular weight is 283 g/mol. The number of nitrogens with zero attached hydrogens (tertiary/aromatic N) is 7. The average Bonchev–Trinajstić information content (AvgIpc) is 3.19. The summed E-state index contributed by atoms with van der Waals surface area (Å²) < 4.78 is 3.64. The van der Waals surface area contributed by atoms with Crippen LogP contribution >= 0.6 is 0 Å². The first-order valence-electron chi connectivity index (χ1n) is 7.12. The quantitative estimate of drug-likeness (QED) is 0.712.